The van der Waals surface area contributed by atoms with Gasteiger partial charge in [0.05, 0.1) is 31.9 Å². The zero-order chi connectivity index (χ0) is 24.4. The molecule has 11 heteroatoms. The molecule has 0 atom stereocenters. The summed E-state index contributed by atoms with van der Waals surface area (Å²) in [5, 5.41) is 3.00. The lowest BCUT2D eigenvalue weighted by Gasteiger charge is -2.26. The lowest BCUT2D eigenvalue weighted by atomic mass is 10.3. The first-order valence-electron chi connectivity index (χ1n) is 10.2. The van der Waals surface area contributed by atoms with Gasteiger partial charge >= 0.3 is 0 Å². The van der Waals surface area contributed by atoms with E-state index in [-0.39, 0.29) is 27.1 Å². The van der Waals surface area contributed by atoms with Gasteiger partial charge in [0.15, 0.2) is 11.5 Å². The average Bonchev–Trinajstić information content (AvgIpc) is 2.81. The Hall–Kier alpha value is -2.69. The van der Waals surface area contributed by atoms with E-state index in [9.17, 15) is 13.2 Å². The highest BCUT2D eigenvalue weighted by Gasteiger charge is 2.30. The zero-order valence-corrected chi connectivity index (χ0v) is 20.7. The van der Waals surface area contributed by atoms with Gasteiger partial charge in [-0.05, 0) is 43.7 Å². The fourth-order valence-electron chi connectivity index (χ4n) is 2.99. The lowest BCUT2D eigenvalue weighted by Crippen LogP contribution is -2.41. The summed E-state index contributed by atoms with van der Waals surface area (Å²) in [7, 11) is 0.0367. The summed E-state index contributed by atoms with van der Waals surface area (Å²) in [4.78, 5) is 12.6. The van der Waals surface area contributed by atoms with Crippen LogP contribution in [0, 0.1) is 0 Å². The number of hydrogen-bond donors (Lipinski definition) is 1. The van der Waals surface area contributed by atoms with E-state index >= 15 is 0 Å². The Morgan fingerprint density at radius 2 is 1.67 bits per heavy atom. The molecule has 0 unspecified atom stereocenters. The van der Waals surface area contributed by atoms with Crippen LogP contribution < -0.4 is 23.8 Å². The Kier molecular flexibility index (Phi) is 10.1. The number of halogens is 1. The molecule has 2 aromatic rings. The molecule has 9 nitrogen and oxygen atoms in total. The van der Waals surface area contributed by atoms with Crippen LogP contribution in [-0.2, 0) is 19.6 Å². The topological polar surface area (TPSA) is 103 Å². The molecular formula is C22H29ClN2O7S. The lowest BCUT2D eigenvalue weighted by molar-refractivity contribution is -0.119. The number of ether oxygens (including phenoxy) is 4. The summed E-state index contributed by atoms with van der Waals surface area (Å²) in [6.07, 6.45) is 0.600. The number of amides is 1. The summed E-state index contributed by atoms with van der Waals surface area (Å²) in [5.74, 6) is 0.359. The maximum absolute atomic E-state index is 13.7. The SMILES string of the molecule is CCOCCCNC(=O)CN(c1cc(Cl)ccc1OC)S(=O)(=O)c1ccc(OC)c(OC)c1. The first-order valence-corrected chi connectivity index (χ1v) is 12.0. The Morgan fingerprint density at radius 1 is 1.00 bits per heavy atom. The number of carbonyl (C=O) groups excluding carboxylic acids is 1. The minimum atomic E-state index is -4.22. The van der Waals surface area contributed by atoms with E-state index < -0.39 is 22.5 Å². The predicted molar refractivity (Wildman–Crippen MR) is 126 cm³/mol. The number of sulfonamides is 1. The van der Waals surface area contributed by atoms with Crippen molar-refractivity contribution >= 4 is 33.2 Å². The van der Waals surface area contributed by atoms with Gasteiger partial charge in [-0.15, -0.1) is 0 Å². The van der Waals surface area contributed by atoms with Gasteiger partial charge < -0.3 is 24.3 Å². The van der Waals surface area contributed by atoms with Gasteiger partial charge in [0.25, 0.3) is 10.0 Å². The van der Waals surface area contributed by atoms with Crippen LogP contribution in [0.15, 0.2) is 41.3 Å². The fourth-order valence-corrected chi connectivity index (χ4v) is 4.60. The Balaban J connectivity index is 2.44. The van der Waals surface area contributed by atoms with Crippen molar-refractivity contribution in [3.05, 3.63) is 41.4 Å². The molecule has 0 spiro atoms. The number of methoxy groups -OCH3 is 3. The van der Waals surface area contributed by atoms with Gasteiger partial charge in [-0.1, -0.05) is 11.6 Å². The second kappa shape index (κ2) is 12.5. The molecule has 2 aromatic carbocycles. The van der Waals surface area contributed by atoms with Gasteiger partial charge in [0.1, 0.15) is 12.3 Å². The first kappa shape index (κ1) is 26.6. The third kappa shape index (κ3) is 6.89. The summed E-state index contributed by atoms with van der Waals surface area (Å²) in [6, 6.07) is 8.72. The second-order valence-electron chi connectivity index (χ2n) is 6.75. The highest BCUT2D eigenvalue weighted by atomic mass is 35.5. The van der Waals surface area contributed by atoms with E-state index in [0.29, 0.717) is 31.9 Å². The van der Waals surface area contributed by atoms with Crippen molar-refractivity contribution in [1.29, 1.82) is 0 Å². The molecule has 0 aromatic heterocycles. The van der Waals surface area contributed by atoms with Crippen LogP contribution in [0.4, 0.5) is 5.69 Å². The van der Waals surface area contributed by atoms with Crippen LogP contribution in [-0.4, -0.2) is 62.0 Å². The molecule has 0 radical (unpaired) electrons. The summed E-state index contributed by atoms with van der Waals surface area (Å²) >= 11 is 6.14. The van der Waals surface area contributed by atoms with Gasteiger partial charge in [-0.2, -0.15) is 0 Å². The summed E-state index contributed by atoms with van der Waals surface area (Å²) < 4.78 is 49.3. The number of anilines is 1. The van der Waals surface area contributed by atoms with E-state index in [2.05, 4.69) is 5.32 Å². The summed E-state index contributed by atoms with van der Waals surface area (Å²) in [6.45, 7) is 2.82. The molecule has 182 valence electrons. The molecule has 2 rings (SSSR count). The number of nitrogens with zero attached hydrogens (tertiary/aromatic N) is 1. The average molecular weight is 501 g/mol. The van der Waals surface area contributed by atoms with E-state index in [1.54, 1.807) is 6.07 Å². The summed E-state index contributed by atoms with van der Waals surface area (Å²) in [5.41, 5.74) is 0.129. The first-order chi connectivity index (χ1) is 15.8. The van der Waals surface area contributed by atoms with Crippen molar-refractivity contribution < 1.29 is 32.2 Å². The number of rotatable bonds is 13. The number of benzene rings is 2. The van der Waals surface area contributed by atoms with Gasteiger partial charge in [0.2, 0.25) is 5.91 Å². The molecule has 0 saturated carbocycles. The third-order valence-electron chi connectivity index (χ3n) is 4.63. The maximum atomic E-state index is 13.7. The molecule has 0 heterocycles. The Bertz CT molecular complexity index is 1050. The van der Waals surface area contributed by atoms with Crippen molar-refractivity contribution in [3.63, 3.8) is 0 Å². The smallest absolute Gasteiger partial charge is 0.265 e. The standard InChI is InChI=1S/C22H29ClN2O7S/c1-5-32-12-6-11-24-22(26)15-25(18-13-16(23)7-9-19(18)29-2)33(27,28)17-8-10-20(30-3)21(14-17)31-4/h7-10,13-14H,5-6,11-12,15H2,1-4H3,(H,24,26). The predicted octanol–water partition coefficient (Wildman–Crippen LogP) is 3.10. The van der Waals surface area contributed by atoms with Crippen LogP contribution in [0.2, 0.25) is 5.02 Å². The van der Waals surface area contributed by atoms with Crippen molar-refractivity contribution in [1.82, 2.24) is 5.32 Å². The zero-order valence-electron chi connectivity index (χ0n) is 19.1. The highest BCUT2D eigenvalue weighted by Crippen LogP contribution is 2.36. The van der Waals surface area contributed by atoms with Crippen LogP contribution in [0.1, 0.15) is 13.3 Å². The number of hydrogen-bond acceptors (Lipinski definition) is 7. The fraction of sp³-hybridized carbons (Fsp3) is 0.409. The van der Waals surface area contributed by atoms with E-state index in [0.717, 1.165) is 4.31 Å². The van der Waals surface area contributed by atoms with Crippen LogP contribution in [0.25, 0.3) is 0 Å². The normalized spacial score (nSPS) is 11.1. The minimum Gasteiger partial charge on any atom is -0.495 e. The molecule has 33 heavy (non-hydrogen) atoms. The van der Waals surface area contributed by atoms with Crippen LogP contribution in [0.5, 0.6) is 17.2 Å². The Morgan fingerprint density at radius 3 is 2.30 bits per heavy atom. The molecule has 0 aliphatic carbocycles. The molecule has 0 aliphatic rings. The molecule has 0 aliphatic heterocycles. The van der Waals surface area contributed by atoms with Crippen molar-refractivity contribution in [2.45, 2.75) is 18.2 Å². The highest BCUT2D eigenvalue weighted by molar-refractivity contribution is 7.92. The molecule has 0 bridgehead atoms. The van der Waals surface area contributed by atoms with Gasteiger partial charge in [-0.3, -0.25) is 9.10 Å². The van der Waals surface area contributed by atoms with E-state index in [4.69, 9.17) is 30.5 Å². The van der Waals surface area contributed by atoms with E-state index in [1.807, 2.05) is 6.92 Å². The quantitative estimate of drug-likeness (QED) is 0.421. The van der Waals surface area contributed by atoms with E-state index in [1.165, 1.54) is 51.7 Å². The van der Waals surface area contributed by atoms with Crippen LogP contribution in [0.3, 0.4) is 0 Å². The van der Waals surface area contributed by atoms with Crippen molar-refractivity contribution in [3.8, 4) is 17.2 Å². The molecule has 0 saturated heterocycles. The van der Waals surface area contributed by atoms with Gasteiger partial charge in [0, 0.05) is 30.8 Å². The second-order valence-corrected chi connectivity index (χ2v) is 9.04. The number of carbonyl (C=O) groups is 1. The van der Waals surface area contributed by atoms with Crippen molar-refractivity contribution in [2.24, 2.45) is 0 Å². The third-order valence-corrected chi connectivity index (χ3v) is 6.62. The molecule has 1 N–H and O–H groups in total. The Labute approximate surface area is 199 Å². The molecular weight excluding hydrogens is 472 g/mol. The minimum absolute atomic E-state index is 0.0914. The number of nitrogens with one attached hydrogen (secondary N) is 1. The van der Waals surface area contributed by atoms with Crippen LogP contribution >= 0.6 is 11.6 Å². The monoisotopic (exact) mass is 500 g/mol. The maximum Gasteiger partial charge on any atom is 0.265 e. The van der Waals surface area contributed by atoms with Gasteiger partial charge in [-0.25, -0.2) is 8.42 Å². The molecule has 1 amide bonds. The molecule has 0 fully saturated rings. The van der Waals surface area contributed by atoms with Crippen molar-refractivity contribution in [2.75, 3.05) is 51.9 Å². The largest absolute Gasteiger partial charge is 0.495 e.